The van der Waals surface area contributed by atoms with Crippen molar-refractivity contribution in [3.63, 3.8) is 0 Å². The number of hydrogen-bond acceptors (Lipinski definition) is 0. The number of fused-ring (bicyclic) bond motifs is 4. The first kappa shape index (κ1) is 12.3. The van der Waals surface area contributed by atoms with E-state index >= 15 is 0 Å². The van der Waals surface area contributed by atoms with Crippen molar-refractivity contribution in [2.45, 2.75) is 63.6 Å². The largest absolute Gasteiger partial charge is 0.167 e. The van der Waals surface area contributed by atoms with Gasteiger partial charge in [0.15, 0.2) is 7.38 Å². The van der Waals surface area contributed by atoms with Crippen molar-refractivity contribution in [3.8, 4) is 0 Å². The Hall–Kier alpha value is 0.507. The Balaban J connectivity index is 1.62. The molecule has 4 aliphatic rings. The Bertz CT molecular complexity index is 347. The lowest BCUT2D eigenvalue weighted by Crippen LogP contribution is -2.39. The molecule has 0 N–H and O–H groups in total. The Morgan fingerprint density at radius 1 is 0.833 bits per heavy atom. The summed E-state index contributed by atoms with van der Waals surface area (Å²) in [5.74, 6) is 6.47. The average Bonchev–Trinajstić information content (AvgIpc) is 3.05. The molecule has 0 spiro atoms. The summed E-state index contributed by atoms with van der Waals surface area (Å²) >= 11 is 6.95. The molecule has 18 heavy (non-hydrogen) atoms. The molecule has 0 aromatic heterocycles. The first-order valence-electron chi connectivity index (χ1n) is 8.23. The van der Waals surface area contributed by atoms with E-state index in [-0.39, 0.29) is 0 Å². The molecule has 0 aliphatic heterocycles. The molecule has 0 aromatic carbocycles. The Labute approximate surface area is 118 Å². The summed E-state index contributed by atoms with van der Waals surface area (Å²) in [5.41, 5.74) is 0.960. The van der Waals surface area contributed by atoms with Crippen LogP contribution in [-0.4, -0.2) is 7.38 Å². The molecule has 0 radical (unpaired) electrons. The maximum Gasteiger partial charge on any atom is 0.154 e. The predicted molar refractivity (Wildman–Crippen MR) is 80.3 cm³/mol. The third-order valence-corrected chi connectivity index (χ3v) is 10.3. The maximum atomic E-state index is 6.95. The minimum Gasteiger partial charge on any atom is -0.167 e. The summed E-state index contributed by atoms with van der Waals surface area (Å²) in [5, 5.41) is 0. The van der Waals surface area contributed by atoms with Crippen LogP contribution in [0.2, 0.25) is 18.6 Å². The zero-order chi connectivity index (χ0) is 12.5. The van der Waals surface area contributed by atoms with Crippen LogP contribution < -0.4 is 0 Å². The van der Waals surface area contributed by atoms with Crippen molar-refractivity contribution in [2.24, 2.45) is 35.5 Å². The Morgan fingerprint density at radius 2 is 1.56 bits per heavy atom. The first-order chi connectivity index (χ1) is 8.54. The quantitative estimate of drug-likeness (QED) is 0.477. The summed E-state index contributed by atoms with van der Waals surface area (Å²) in [6.07, 6.45) is 10.9. The molecule has 0 aromatic rings. The van der Waals surface area contributed by atoms with Gasteiger partial charge in [0.2, 0.25) is 0 Å². The van der Waals surface area contributed by atoms with Gasteiger partial charge in [0, 0.05) is 0 Å². The van der Waals surface area contributed by atoms with Gasteiger partial charge in [-0.15, -0.1) is 0 Å². The van der Waals surface area contributed by atoms with Crippen LogP contribution in [0.4, 0.5) is 0 Å². The number of hydrogen-bond donors (Lipinski definition) is 0. The number of halogens is 1. The Kier molecular flexibility index (Phi) is 2.73. The molecular formula is C16H27ClSi. The van der Waals surface area contributed by atoms with Crippen LogP contribution in [0.1, 0.15) is 44.9 Å². The van der Waals surface area contributed by atoms with Crippen molar-refractivity contribution < 1.29 is 0 Å². The van der Waals surface area contributed by atoms with Gasteiger partial charge >= 0.3 is 0 Å². The van der Waals surface area contributed by atoms with Gasteiger partial charge in [-0.25, -0.2) is 0 Å². The minimum atomic E-state index is -1.46. The fraction of sp³-hybridized carbons (Fsp3) is 1.00. The van der Waals surface area contributed by atoms with Crippen molar-refractivity contribution in [1.29, 1.82) is 0 Å². The minimum absolute atomic E-state index is 0.960. The molecule has 4 saturated carbocycles. The maximum absolute atomic E-state index is 6.95. The van der Waals surface area contributed by atoms with Crippen molar-refractivity contribution in [1.82, 2.24) is 0 Å². The van der Waals surface area contributed by atoms with Gasteiger partial charge in [-0.2, -0.15) is 11.1 Å². The fourth-order valence-corrected chi connectivity index (χ4v) is 10.6. The zero-order valence-corrected chi connectivity index (χ0v) is 13.6. The van der Waals surface area contributed by atoms with E-state index in [1.54, 1.807) is 38.5 Å². The number of rotatable bonds is 2. The van der Waals surface area contributed by atoms with Gasteiger partial charge in [0.05, 0.1) is 0 Å². The van der Waals surface area contributed by atoms with Crippen LogP contribution in [0.3, 0.4) is 0 Å². The lowest BCUT2D eigenvalue weighted by molar-refractivity contribution is 0.162. The van der Waals surface area contributed by atoms with E-state index in [0.717, 1.165) is 41.0 Å². The molecule has 7 unspecified atom stereocenters. The summed E-state index contributed by atoms with van der Waals surface area (Å²) in [4.78, 5) is 0. The standard InChI is InChI=1S/C16H27ClSi/c1-18(2,17)16-13-6-5-12(9-13)15(16)14-8-10-3-4-11(14)7-10/h10-16H,3-9H2,1-2H3. The summed E-state index contributed by atoms with van der Waals surface area (Å²) in [6, 6.07) is 0. The summed E-state index contributed by atoms with van der Waals surface area (Å²) < 4.78 is 0. The second-order valence-electron chi connectivity index (χ2n) is 8.34. The van der Waals surface area contributed by atoms with Gasteiger partial charge < -0.3 is 0 Å². The molecule has 102 valence electrons. The highest BCUT2D eigenvalue weighted by atomic mass is 35.6. The molecular weight excluding hydrogens is 256 g/mol. The molecule has 4 bridgehead atoms. The lowest BCUT2D eigenvalue weighted by atomic mass is 9.72. The third-order valence-electron chi connectivity index (χ3n) is 7.06. The molecule has 4 rings (SSSR count). The molecule has 4 fully saturated rings. The van der Waals surface area contributed by atoms with Crippen LogP contribution in [-0.2, 0) is 0 Å². The van der Waals surface area contributed by atoms with Crippen LogP contribution in [0.25, 0.3) is 0 Å². The van der Waals surface area contributed by atoms with Crippen molar-refractivity contribution in [2.75, 3.05) is 0 Å². The van der Waals surface area contributed by atoms with Crippen LogP contribution in [0.5, 0.6) is 0 Å². The van der Waals surface area contributed by atoms with Crippen molar-refractivity contribution in [3.05, 3.63) is 0 Å². The van der Waals surface area contributed by atoms with E-state index < -0.39 is 7.38 Å². The van der Waals surface area contributed by atoms with E-state index in [2.05, 4.69) is 13.1 Å². The van der Waals surface area contributed by atoms with Gasteiger partial charge in [-0.3, -0.25) is 0 Å². The highest BCUT2D eigenvalue weighted by Crippen LogP contribution is 2.66. The molecule has 7 atom stereocenters. The second kappa shape index (κ2) is 4.01. The third kappa shape index (κ3) is 1.69. The normalized spacial score (nSPS) is 54.5. The average molecular weight is 283 g/mol. The fourth-order valence-electron chi connectivity index (χ4n) is 6.74. The highest BCUT2D eigenvalue weighted by molar-refractivity contribution is 7.19. The van der Waals surface area contributed by atoms with Crippen molar-refractivity contribution >= 4 is 18.5 Å². The second-order valence-corrected chi connectivity index (χ2v) is 15.1. The summed E-state index contributed by atoms with van der Waals surface area (Å²) in [6.45, 7) is 4.86. The monoisotopic (exact) mass is 282 g/mol. The molecule has 0 nitrogen and oxygen atoms in total. The van der Waals surface area contributed by atoms with Gasteiger partial charge in [0.1, 0.15) is 0 Å². The molecule has 0 saturated heterocycles. The molecule has 4 aliphatic carbocycles. The van der Waals surface area contributed by atoms with Crippen LogP contribution >= 0.6 is 11.1 Å². The van der Waals surface area contributed by atoms with Gasteiger partial charge in [-0.05, 0) is 73.2 Å². The SMILES string of the molecule is C[Si](C)(Cl)C1C2CCC(C2)C1C1CC2CCC1C2. The zero-order valence-electron chi connectivity index (χ0n) is 11.9. The van der Waals surface area contributed by atoms with Crippen LogP contribution in [0.15, 0.2) is 0 Å². The molecule has 2 heteroatoms. The van der Waals surface area contributed by atoms with E-state index in [1.165, 1.54) is 6.42 Å². The van der Waals surface area contributed by atoms with E-state index in [1.807, 2.05) is 0 Å². The molecule has 0 amide bonds. The van der Waals surface area contributed by atoms with E-state index in [4.69, 9.17) is 11.1 Å². The van der Waals surface area contributed by atoms with Gasteiger partial charge in [0.25, 0.3) is 0 Å². The summed E-state index contributed by atoms with van der Waals surface area (Å²) in [7, 11) is -1.46. The lowest BCUT2D eigenvalue weighted by Gasteiger charge is -2.43. The van der Waals surface area contributed by atoms with E-state index in [0.29, 0.717) is 0 Å². The van der Waals surface area contributed by atoms with Crippen LogP contribution in [0, 0.1) is 35.5 Å². The first-order valence-corrected chi connectivity index (χ1v) is 12.3. The predicted octanol–water partition coefficient (Wildman–Crippen LogP) is 5.28. The highest BCUT2D eigenvalue weighted by Gasteiger charge is 2.58. The van der Waals surface area contributed by atoms with E-state index in [9.17, 15) is 0 Å². The smallest absolute Gasteiger partial charge is 0.154 e. The topological polar surface area (TPSA) is 0 Å². The Morgan fingerprint density at radius 3 is 2.17 bits per heavy atom. The van der Waals surface area contributed by atoms with Gasteiger partial charge in [-0.1, -0.05) is 25.9 Å². The molecule has 0 heterocycles.